The molecular formula is C17H24N4. The molecule has 1 unspecified atom stereocenters. The van der Waals surface area contributed by atoms with Gasteiger partial charge in [-0.25, -0.2) is 0 Å². The fourth-order valence-corrected chi connectivity index (χ4v) is 3.13. The van der Waals surface area contributed by atoms with Gasteiger partial charge in [0, 0.05) is 29.4 Å². The molecule has 2 aromatic rings. The largest absolute Gasteiger partial charge is 0.351 e. The minimum atomic E-state index is 0.410. The molecule has 1 N–H and O–H groups in total. The Kier molecular flexibility index (Phi) is 4.06. The van der Waals surface area contributed by atoms with Crippen LogP contribution in [0.25, 0.3) is 10.8 Å². The molecule has 0 radical (unpaired) electrons. The third-order valence-corrected chi connectivity index (χ3v) is 4.33. The summed E-state index contributed by atoms with van der Waals surface area (Å²) in [5.41, 5.74) is 0.997. The maximum atomic E-state index is 4.52. The lowest BCUT2D eigenvalue weighted by Gasteiger charge is -2.31. The molecule has 0 saturated carbocycles. The minimum Gasteiger partial charge on any atom is -0.351 e. The first kappa shape index (κ1) is 14.3. The van der Waals surface area contributed by atoms with Crippen LogP contribution in [0.2, 0.25) is 0 Å². The van der Waals surface area contributed by atoms with Crippen molar-refractivity contribution < 1.29 is 0 Å². The average molecular weight is 284 g/mol. The van der Waals surface area contributed by atoms with E-state index in [0.717, 1.165) is 24.6 Å². The quantitative estimate of drug-likeness (QED) is 0.937. The van der Waals surface area contributed by atoms with E-state index < -0.39 is 0 Å². The van der Waals surface area contributed by atoms with Crippen LogP contribution in [0.5, 0.6) is 0 Å². The molecule has 1 aliphatic heterocycles. The van der Waals surface area contributed by atoms with Crippen molar-refractivity contribution in [1.29, 1.82) is 0 Å². The Morgan fingerprint density at radius 2 is 2.00 bits per heavy atom. The van der Waals surface area contributed by atoms with Gasteiger partial charge in [-0.05, 0) is 40.2 Å². The zero-order valence-electron chi connectivity index (χ0n) is 13.1. The molecule has 0 bridgehead atoms. The number of nitrogens with one attached hydrogen (secondary N) is 1. The maximum Gasteiger partial charge on any atom is 0.159 e. The number of fused-ring (bicyclic) bond motifs is 1. The third kappa shape index (κ3) is 2.86. The van der Waals surface area contributed by atoms with Gasteiger partial charge < -0.3 is 10.2 Å². The summed E-state index contributed by atoms with van der Waals surface area (Å²) < 4.78 is 0. The van der Waals surface area contributed by atoms with E-state index in [1.54, 1.807) is 0 Å². The number of nitrogens with zero attached hydrogens (tertiary/aromatic N) is 3. The number of anilines is 1. The number of hydrogen-bond donors (Lipinski definition) is 1. The molecule has 0 aliphatic carbocycles. The fourth-order valence-electron chi connectivity index (χ4n) is 3.13. The van der Waals surface area contributed by atoms with Crippen LogP contribution in [0, 0.1) is 6.92 Å². The van der Waals surface area contributed by atoms with Gasteiger partial charge >= 0.3 is 0 Å². The third-order valence-electron chi connectivity index (χ3n) is 4.33. The van der Waals surface area contributed by atoms with E-state index in [-0.39, 0.29) is 0 Å². The second kappa shape index (κ2) is 5.98. The lowest BCUT2D eigenvalue weighted by molar-refractivity contribution is 0.548. The molecule has 112 valence electrons. The van der Waals surface area contributed by atoms with E-state index in [9.17, 15) is 0 Å². The summed E-state index contributed by atoms with van der Waals surface area (Å²) in [5.74, 6) is 1.01. The number of benzene rings is 1. The highest BCUT2D eigenvalue weighted by atomic mass is 15.3. The van der Waals surface area contributed by atoms with Crippen LogP contribution in [0.1, 0.15) is 32.4 Å². The molecule has 1 aromatic carbocycles. The number of hydrogen-bond acceptors (Lipinski definition) is 4. The molecule has 1 saturated heterocycles. The van der Waals surface area contributed by atoms with Crippen molar-refractivity contribution in [2.75, 3.05) is 18.0 Å². The Hall–Kier alpha value is -1.68. The smallest absolute Gasteiger partial charge is 0.159 e. The van der Waals surface area contributed by atoms with Crippen LogP contribution in [-0.2, 0) is 0 Å². The molecule has 1 aliphatic rings. The molecule has 21 heavy (non-hydrogen) atoms. The number of rotatable bonds is 4. The Balaban J connectivity index is 2.00. The lowest BCUT2D eigenvalue weighted by Crippen LogP contribution is -2.42. The fraction of sp³-hybridized carbons (Fsp3) is 0.529. The molecule has 0 spiro atoms. The van der Waals surface area contributed by atoms with Crippen LogP contribution in [0.4, 0.5) is 5.82 Å². The number of aryl methyl sites for hydroxylation is 1. The van der Waals surface area contributed by atoms with Gasteiger partial charge in [0.2, 0.25) is 0 Å². The second-order valence-electron chi connectivity index (χ2n) is 6.19. The van der Waals surface area contributed by atoms with Crippen LogP contribution in [0.15, 0.2) is 24.3 Å². The SMILES string of the molecule is Cc1nnc(N(CC2CCCN2)C(C)C)c2ccccc12. The van der Waals surface area contributed by atoms with Crippen LogP contribution in [-0.4, -0.2) is 35.4 Å². The van der Waals surface area contributed by atoms with Crippen LogP contribution in [0.3, 0.4) is 0 Å². The molecule has 0 amide bonds. The van der Waals surface area contributed by atoms with Gasteiger partial charge in [-0.2, -0.15) is 5.10 Å². The van der Waals surface area contributed by atoms with Crippen molar-refractivity contribution in [1.82, 2.24) is 15.5 Å². The van der Waals surface area contributed by atoms with Crippen molar-refractivity contribution in [2.45, 2.75) is 45.7 Å². The Labute approximate surface area is 126 Å². The highest BCUT2D eigenvalue weighted by Gasteiger charge is 2.22. The second-order valence-corrected chi connectivity index (χ2v) is 6.19. The predicted octanol–water partition coefficient (Wildman–Crippen LogP) is 2.91. The summed E-state index contributed by atoms with van der Waals surface area (Å²) in [7, 11) is 0. The predicted molar refractivity (Wildman–Crippen MR) is 87.8 cm³/mol. The summed E-state index contributed by atoms with van der Waals surface area (Å²) in [6, 6.07) is 9.42. The zero-order chi connectivity index (χ0) is 14.8. The summed E-state index contributed by atoms with van der Waals surface area (Å²) in [6.45, 7) is 8.62. The molecule has 4 nitrogen and oxygen atoms in total. The first-order valence-electron chi connectivity index (χ1n) is 7.89. The Bertz CT molecular complexity index is 617. The Morgan fingerprint density at radius 1 is 1.24 bits per heavy atom. The van der Waals surface area contributed by atoms with E-state index in [2.05, 4.69) is 58.5 Å². The highest BCUT2D eigenvalue weighted by Crippen LogP contribution is 2.27. The van der Waals surface area contributed by atoms with E-state index in [1.807, 2.05) is 6.92 Å². The normalized spacial score (nSPS) is 18.6. The van der Waals surface area contributed by atoms with E-state index in [4.69, 9.17) is 0 Å². The van der Waals surface area contributed by atoms with Crippen LogP contribution >= 0.6 is 0 Å². The van der Waals surface area contributed by atoms with Crippen molar-refractivity contribution in [3.63, 3.8) is 0 Å². The van der Waals surface area contributed by atoms with E-state index in [0.29, 0.717) is 12.1 Å². The molecule has 4 heteroatoms. The summed E-state index contributed by atoms with van der Waals surface area (Å²) in [6.07, 6.45) is 2.53. The summed E-state index contributed by atoms with van der Waals surface area (Å²) >= 11 is 0. The molecule has 1 atom stereocenters. The van der Waals surface area contributed by atoms with Crippen molar-refractivity contribution in [3.05, 3.63) is 30.0 Å². The van der Waals surface area contributed by atoms with Gasteiger partial charge in [0.15, 0.2) is 5.82 Å². The molecule has 3 rings (SSSR count). The van der Waals surface area contributed by atoms with Gasteiger partial charge in [-0.3, -0.25) is 0 Å². The van der Waals surface area contributed by atoms with Gasteiger partial charge in [0.25, 0.3) is 0 Å². The molecule has 1 fully saturated rings. The monoisotopic (exact) mass is 284 g/mol. The minimum absolute atomic E-state index is 0.410. The number of aromatic nitrogens is 2. The van der Waals surface area contributed by atoms with Crippen molar-refractivity contribution in [3.8, 4) is 0 Å². The van der Waals surface area contributed by atoms with Crippen LogP contribution < -0.4 is 10.2 Å². The van der Waals surface area contributed by atoms with E-state index >= 15 is 0 Å². The highest BCUT2D eigenvalue weighted by molar-refractivity contribution is 5.93. The Morgan fingerprint density at radius 3 is 2.67 bits per heavy atom. The van der Waals surface area contributed by atoms with Gasteiger partial charge in [0.05, 0.1) is 5.69 Å². The lowest BCUT2D eigenvalue weighted by atomic mass is 10.1. The van der Waals surface area contributed by atoms with Gasteiger partial charge in [-0.15, -0.1) is 5.10 Å². The van der Waals surface area contributed by atoms with Gasteiger partial charge in [-0.1, -0.05) is 24.3 Å². The first-order valence-corrected chi connectivity index (χ1v) is 7.89. The topological polar surface area (TPSA) is 41.1 Å². The standard InChI is InChI=1S/C17H24N4/c1-12(2)21(11-14-7-6-10-18-14)17-16-9-5-4-8-15(16)13(3)19-20-17/h4-5,8-9,12,14,18H,6-7,10-11H2,1-3H3. The summed E-state index contributed by atoms with van der Waals surface area (Å²) in [4.78, 5) is 2.39. The average Bonchev–Trinajstić information content (AvgIpc) is 2.99. The maximum absolute atomic E-state index is 4.52. The van der Waals surface area contributed by atoms with E-state index in [1.165, 1.54) is 23.6 Å². The molecule has 1 aromatic heterocycles. The first-order chi connectivity index (χ1) is 10.2. The van der Waals surface area contributed by atoms with Crippen molar-refractivity contribution in [2.24, 2.45) is 0 Å². The summed E-state index contributed by atoms with van der Waals surface area (Å²) in [5, 5.41) is 14.9. The van der Waals surface area contributed by atoms with Gasteiger partial charge in [0.1, 0.15) is 0 Å². The molecule has 2 heterocycles. The molecular weight excluding hydrogens is 260 g/mol. The van der Waals surface area contributed by atoms with Crippen molar-refractivity contribution >= 4 is 16.6 Å². The zero-order valence-corrected chi connectivity index (χ0v) is 13.1.